The third kappa shape index (κ3) is 1.48. The maximum atomic E-state index is 12.9. The van der Waals surface area contributed by atoms with Crippen LogP contribution < -0.4 is 0 Å². The number of alkyl halides is 1. The quantitative estimate of drug-likeness (QED) is 0.700. The van der Waals surface area contributed by atoms with Crippen molar-refractivity contribution in [3.05, 3.63) is 29.7 Å². The van der Waals surface area contributed by atoms with Crippen molar-refractivity contribution in [3.8, 4) is 0 Å². The van der Waals surface area contributed by atoms with E-state index in [0.717, 1.165) is 16.6 Å². The predicted molar refractivity (Wildman–Crippen MR) is 55.1 cm³/mol. The molecule has 74 valence electrons. The Labute approximate surface area is 86.3 Å². The fourth-order valence-corrected chi connectivity index (χ4v) is 1.72. The summed E-state index contributed by atoms with van der Waals surface area (Å²) in [5.74, 6) is 0.277. The first-order valence-electron chi connectivity index (χ1n) is 4.41. The summed E-state index contributed by atoms with van der Waals surface area (Å²) in [6.07, 6.45) is 0. The molecule has 0 atom stereocenters. The molecule has 0 amide bonds. The van der Waals surface area contributed by atoms with Gasteiger partial charge in [-0.1, -0.05) is 0 Å². The van der Waals surface area contributed by atoms with E-state index in [-0.39, 0.29) is 5.82 Å². The van der Waals surface area contributed by atoms with Crippen molar-refractivity contribution >= 4 is 22.5 Å². The van der Waals surface area contributed by atoms with E-state index in [1.165, 1.54) is 12.1 Å². The van der Waals surface area contributed by atoms with Gasteiger partial charge in [0.2, 0.25) is 0 Å². The van der Waals surface area contributed by atoms with Crippen molar-refractivity contribution in [3.63, 3.8) is 0 Å². The van der Waals surface area contributed by atoms with Crippen molar-refractivity contribution in [1.29, 1.82) is 0 Å². The van der Waals surface area contributed by atoms with Crippen molar-refractivity contribution in [2.24, 2.45) is 0 Å². The molecule has 14 heavy (non-hydrogen) atoms. The zero-order valence-corrected chi connectivity index (χ0v) is 8.55. The van der Waals surface area contributed by atoms with E-state index in [1.54, 1.807) is 10.7 Å². The lowest BCUT2D eigenvalue weighted by Gasteiger charge is -1.98. The van der Waals surface area contributed by atoms with Gasteiger partial charge >= 0.3 is 0 Å². The van der Waals surface area contributed by atoms with Crippen LogP contribution in [0, 0.1) is 12.7 Å². The first-order chi connectivity index (χ1) is 6.72. The lowest BCUT2D eigenvalue weighted by molar-refractivity contribution is 0.629. The monoisotopic (exact) mass is 212 g/mol. The highest BCUT2D eigenvalue weighted by molar-refractivity contribution is 6.17. The Morgan fingerprint density at radius 1 is 1.50 bits per heavy atom. The normalized spacial score (nSPS) is 11.1. The maximum absolute atomic E-state index is 12.9. The van der Waals surface area contributed by atoms with Gasteiger partial charge in [-0.05, 0) is 25.1 Å². The van der Waals surface area contributed by atoms with Crippen LogP contribution in [0.15, 0.2) is 18.2 Å². The van der Waals surface area contributed by atoms with E-state index in [1.807, 2.05) is 6.92 Å². The highest BCUT2D eigenvalue weighted by atomic mass is 35.5. The first kappa shape index (κ1) is 9.46. The van der Waals surface area contributed by atoms with Gasteiger partial charge in [0, 0.05) is 11.3 Å². The second-order valence-corrected chi connectivity index (χ2v) is 3.54. The Morgan fingerprint density at radius 2 is 2.29 bits per heavy atom. The summed E-state index contributed by atoms with van der Waals surface area (Å²) in [5, 5.41) is 5.14. The molecule has 2 rings (SSSR count). The van der Waals surface area contributed by atoms with E-state index >= 15 is 0 Å². The van der Waals surface area contributed by atoms with Crippen molar-refractivity contribution < 1.29 is 4.39 Å². The molecule has 0 unspecified atom stereocenters. The number of hydrogen-bond donors (Lipinski definition) is 0. The lowest BCUT2D eigenvalue weighted by atomic mass is 10.2. The summed E-state index contributed by atoms with van der Waals surface area (Å²) in [6.45, 7) is 2.52. The molecule has 2 nitrogen and oxygen atoms in total. The fraction of sp³-hybridized carbons (Fsp3) is 0.300. The van der Waals surface area contributed by atoms with Crippen LogP contribution in [-0.2, 0) is 6.54 Å². The van der Waals surface area contributed by atoms with Crippen LogP contribution in [-0.4, -0.2) is 15.7 Å². The number of aryl methyl sites for hydroxylation is 2. The van der Waals surface area contributed by atoms with Gasteiger partial charge in [0.1, 0.15) is 5.82 Å². The summed E-state index contributed by atoms with van der Waals surface area (Å²) in [7, 11) is 0. The van der Waals surface area contributed by atoms with E-state index in [4.69, 9.17) is 11.6 Å². The number of halogens is 2. The number of hydrogen-bond acceptors (Lipinski definition) is 1. The van der Waals surface area contributed by atoms with Crippen LogP contribution in [0.4, 0.5) is 4.39 Å². The topological polar surface area (TPSA) is 17.8 Å². The van der Waals surface area contributed by atoms with Gasteiger partial charge in [0.05, 0.1) is 17.8 Å². The Hall–Kier alpha value is -1.09. The average Bonchev–Trinajstić information content (AvgIpc) is 2.44. The Kier molecular flexibility index (Phi) is 2.42. The van der Waals surface area contributed by atoms with E-state index < -0.39 is 0 Å². The molecule has 1 aromatic heterocycles. The first-order valence-corrected chi connectivity index (χ1v) is 4.94. The van der Waals surface area contributed by atoms with Gasteiger partial charge < -0.3 is 0 Å². The summed E-state index contributed by atoms with van der Waals surface area (Å²) < 4.78 is 14.8. The SMILES string of the molecule is Cc1nn(CCCl)c2ccc(F)cc12. The molecular weight excluding hydrogens is 203 g/mol. The fourth-order valence-electron chi connectivity index (χ4n) is 1.56. The zero-order valence-electron chi connectivity index (χ0n) is 7.80. The Bertz CT molecular complexity index is 464. The van der Waals surface area contributed by atoms with Gasteiger partial charge in [0.15, 0.2) is 0 Å². The van der Waals surface area contributed by atoms with Crippen LogP contribution in [0.25, 0.3) is 10.9 Å². The standard InChI is InChI=1S/C10H10ClFN2/c1-7-9-6-8(12)2-3-10(9)14(13-7)5-4-11/h2-3,6H,4-5H2,1H3. The largest absolute Gasteiger partial charge is 0.263 e. The van der Waals surface area contributed by atoms with Crippen LogP contribution >= 0.6 is 11.6 Å². The van der Waals surface area contributed by atoms with Crippen molar-refractivity contribution in [1.82, 2.24) is 9.78 Å². The molecule has 0 aliphatic rings. The van der Waals surface area contributed by atoms with Crippen LogP contribution in [0.3, 0.4) is 0 Å². The highest BCUT2D eigenvalue weighted by Gasteiger charge is 2.06. The van der Waals surface area contributed by atoms with Gasteiger partial charge in [-0.2, -0.15) is 5.10 Å². The van der Waals surface area contributed by atoms with Gasteiger partial charge in [-0.25, -0.2) is 4.39 Å². The molecule has 2 aromatic rings. The molecule has 0 radical (unpaired) electrons. The number of rotatable bonds is 2. The molecule has 0 aliphatic carbocycles. The summed E-state index contributed by atoms with van der Waals surface area (Å²) in [4.78, 5) is 0. The minimum Gasteiger partial charge on any atom is -0.263 e. The molecule has 1 heterocycles. The average molecular weight is 213 g/mol. The maximum Gasteiger partial charge on any atom is 0.124 e. The number of benzene rings is 1. The molecule has 1 aromatic carbocycles. The molecule has 4 heteroatoms. The third-order valence-corrected chi connectivity index (χ3v) is 2.36. The molecular formula is C10H10ClFN2. The Balaban J connectivity index is 2.65. The molecule has 0 fully saturated rings. The predicted octanol–water partition coefficient (Wildman–Crippen LogP) is 2.72. The van der Waals surface area contributed by atoms with Gasteiger partial charge in [0.25, 0.3) is 0 Å². The van der Waals surface area contributed by atoms with Crippen molar-refractivity contribution in [2.75, 3.05) is 5.88 Å². The van der Waals surface area contributed by atoms with Crippen molar-refractivity contribution in [2.45, 2.75) is 13.5 Å². The molecule has 0 spiro atoms. The second kappa shape index (κ2) is 3.58. The smallest absolute Gasteiger partial charge is 0.124 e. The molecule has 0 bridgehead atoms. The number of nitrogens with zero attached hydrogens (tertiary/aromatic N) is 2. The van der Waals surface area contributed by atoms with Crippen LogP contribution in [0.2, 0.25) is 0 Å². The molecule has 0 saturated carbocycles. The van der Waals surface area contributed by atoms with Gasteiger partial charge in [-0.3, -0.25) is 4.68 Å². The summed E-state index contributed by atoms with van der Waals surface area (Å²) >= 11 is 5.64. The molecule has 0 N–H and O–H groups in total. The van der Waals surface area contributed by atoms with Gasteiger partial charge in [-0.15, -0.1) is 11.6 Å². The zero-order chi connectivity index (χ0) is 10.1. The summed E-state index contributed by atoms with van der Waals surface area (Å²) in [6, 6.07) is 4.67. The van der Waals surface area contributed by atoms with E-state index in [0.29, 0.717) is 12.4 Å². The minimum atomic E-state index is -0.231. The second-order valence-electron chi connectivity index (χ2n) is 3.16. The number of fused-ring (bicyclic) bond motifs is 1. The van der Waals surface area contributed by atoms with Crippen LogP contribution in [0.1, 0.15) is 5.69 Å². The minimum absolute atomic E-state index is 0.231. The third-order valence-electron chi connectivity index (χ3n) is 2.19. The Morgan fingerprint density at radius 3 is 3.00 bits per heavy atom. The number of aromatic nitrogens is 2. The van der Waals surface area contributed by atoms with E-state index in [9.17, 15) is 4.39 Å². The van der Waals surface area contributed by atoms with E-state index in [2.05, 4.69) is 5.10 Å². The van der Waals surface area contributed by atoms with Crippen LogP contribution in [0.5, 0.6) is 0 Å². The summed E-state index contributed by atoms with van der Waals surface area (Å²) in [5.41, 5.74) is 1.77. The highest BCUT2D eigenvalue weighted by Crippen LogP contribution is 2.19. The lowest BCUT2D eigenvalue weighted by Crippen LogP contribution is -2.00. The molecule has 0 saturated heterocycles. The molecule has 0 aliphatic heterocycles.